The van der Waals surface area contributed by atoms with Crippen molar-refractivity contribution in [3.8, 4) is 0 Å². The van der Waals surface area contributed by atoms with Crippen LogP contribution in [0.1, 0.15) is 5.56 Å². The maximum atomic E-state index is 13.4. The lowest BCUT2D eigenvalue weighted by molar-refractivity contribution is 0.587. The van der Waals surface area contributed by atoms with E-state index in [-0.39, 0.29) is 6.54 Å². The van der Waals surface area contributed by atoms with Gasteiger partial charge in [-0.1, -0.05) is 11.6 Å². The van der Waals surface area contributed by atoms with Crippen LogP contribution in [-0.4, -0.2) is 0 Å². The predicted molar refractivity (Wildman–Crippen MR) is 77.9 cm³/mol. The van der Waals surface area contributed by atoms with E-state index in [1.807, 2.05) is 0 Å². The smallest absolute Gasteiger partial charge is 0.128 e. The SMILES string of the molecule is Fc1ccc(F)c(CNc2ccc(Cl)cc2I)c1. The second-order valence-corrected chi connectivity index (χ2v) is 5.31. The summed E-state index contributed by atoms with van der Waals surface area (Å²) < 4.78 is 27.3. The monoisotopic (exact) mass is 379 g/mol. The van der Waals surface area contributed by atoms with E-state index in [1.54, 1.807) is 18.2 Å². The third-order valence-electron chi connectivity index (χ3n) is 2.41. The Labute approximate surface area is 122 Å². The molecule has 18 heavy (non-hydrogen) atoms. The van der Waals surface area contributed by atoms with Gasteiger partial charge in [0.25, 0.3) is 0 Å². The van der Waals surface area contributed by atoms with Crippen molar-refractivity contribution in [1.29, 1.82) is 0 Å². The molecule has 94 valence electrons. The summed E-state index contributed by atoms with van der Waals surface area (Å²) in [6.45, 7) is 0.223. The van der Waals surface area contributed by atoms with Crippen LogP contribution < -0.4 is 5.32 Å². The zero-order chi connectivity index (χ0) is 13.1. The van der Waals surface area contributed by atoms with Crippen LogP contribution in [0.15, 0.2) is 36.4 Å². The van der Waals surface area contributed by atoms with Gasteiger partial charge in [-0.15, -0.1) is 0 Å². The Morgan fingerprint density at radius 1 is 1.11 bits per heavy atom. The van der Waals surface area contributed by atoms with E-state index in [1.165, 1.54) is 6.07 Å². The van der Waals surface area contributed by atoms with Crippen LogP contribution in [0, 0.1) is 15.2 Å². The van der Waals surface area contributed by atoms with Crippen molar-refractivity contribution in [2.45, 2.75) is 6.54 Å². The average molecular weight is 380 g/mol. The molecule has 0 aromatic heterocycles. The average Bonchev–Trinajstić information content (AvgIpc) is 2.32. The zero-order valence-corrected chi connectivity index (χ0v) is 12.1. The minimum atomic E-state index is -0.445. The molecule has 2 aromatic carbocycles. The van der Waals surface area contributed by atoms with Crippen molar-refractivity contribution >= 4 is 39.9 Å². The Bertz CT molecular complexity index is 575. The normalized spacial score (nSPS) is 10.4. The van der Waals surface area contributed by atoms with E-state index in [0.29, 0.717) is 10.6 Å². The van der Waals surface area contributed by atoms with Gasteiger partial charge in [-0.05, 0) is 59.0 Å². The van der Waals surface area contributed by atoms with E-state index in [4.69, 9.17) is 11.6 Å². The maximum absolute atomic E-state index is 13.4. The van der Waals surface area contributed by atoms with Gasteiger partial charge < -0.3 is 5.32 Å². The van der Waals surface area contributed by atoms with Crippen molar-refractivity contribution in [2.75, 3.05) is 5.32 Å². The molecule has 0 radical (unpaired) electrons. The summed E-state index contributed by atoms with van der Waals surface area (Å²) >= 11 is 7.97. The molecule has 0 unspecified atom stereocenters. The molecule has 0 saturated carbocycles. The third kappa shape index (κ3) is 3.32. The third-order valence-corrected chi connectivity index (χ3v) is 3.54. The van der Waals surface area contributed by atoms with Gasteiger partial charge in [0.15, 0.2) is 0 Å². The van der Waals surface area contributed by atoms with Crippen LogP contribution in [0.25, 0.3) is 0 Å². The van der Waals surface area contributed by atoms with Gasteiger partial charge in [0.2, 0.25) is 0 Å². The highest BCUT2D eigenvalue weighted by atomic mass is 127. The van der Waals surface area contributed by atoms with Crippen LogP contribution in [0.3, 0.4) is 0 Å². The molecule has 1 nitrogen and oxygen atoms in total. The summed E-state index contributed by atoms with van der Waals surface area (Å²) in [7, 11) is 0. The summed E-state index contributed by atoms with van der Waals surface area (Å²) in [6.07, 6.45) is 0. The Morgan fingerprint density at radius 2 is 1.89 bits per heavy atom. The Morgan fingerprint density at radius 3 is 2.61 bits per heavy atom. The van der Waals surface area contributed by atoms with Crippen molar-refractivity contribution in [2.24, 2.45) is 0 Å². The summed E-state index contributed by atoms with van der Waals surface area (Å²) in [4.78, 5) is 0. The van der Waals surface area contributed by atoms with E-state index < -0.39 is 11.6 Å². The maximum Gasteiger partial charge on any atom is 0.128 e. The molecule has 2 rings (SSSR count). The Balaban J connectivity index is 2.13. The number of halogens is 4. The Hall–Kier alpha value is -0.880. The van der Waals surface area contributed by atoms with E-state index in [2.05, 4.69) is 27.9 Å². The second-order valence-electron chi connectivity index (χ2n) is 3.71. The zero-order valence-electron chi connectivity index (χ0n) is 9.18. The fourth-order valence-electron chi connectivity index (χ4n) is 1.50. The molecule has 2 aromatic rings. The molecule has 0 aliphatic carbocycles. The van der Waals surface area contributed by atoms with Crippen LogP contribution in [-0.2, 0) is 6.54 Å². The molecule has 0 saturated heterocycles. The van der Waals surface area contributed by atoms with Crippen LogP contribution in [0.5, 0.6) is 0 Å². The number of hydrogen-bond acceptors (Lipinski definition) is 1. The molecule has 0 atom stereocenters. The topological polar surface area (TPSA) is 12.0 Å². The highest BCUT2D eigenvalue weighted by Gasteiger charge is 2.05. The molecule has 1 N–H and O–H groups in total. The quantitative estimate of drug-likeness (QED) is 0.753. The molecular formula is C13H9ClF2IN. The molecule has 0 spiro atoms. The van der Waals surface area contributed by atoms with Crippen molar-refractivity contribution < 1.29 is 8.78 Å². The molecule has 0 aliphatic heterocycles. The number of hydrogen-bond donors (Lipinski definition) is 1. The second kappa shape index (κ2) is 5.84. The highest BCUT2D eigenvalue weighted by molar-refractivity contribution is 14.1. The molecule has 0 heterocycles. The first-order valence-electron chi connectivity index (χ1n) is 5.19. The summed E-state index contributed by atoms with van der Waals surface area (Å²) in [5, 5.41) is 3.69. The van der Waals surface area contributed by atoms with Crippen molar-refractivity contribution in [3.05, 3.63) is 62.2 Å². The van der Waals surface area contributed by atoms with Gasteiger partial charge in [-0.2, -0.15) is 0 Å². The van der Waals surface area contributed by atoms with Crippen molar-refractivity contribution in [1.82, 2.24) is 0 Å². The lowest BCUT2D eigenvalue weighted by Gasteiger charge is -2.09. The number of rotatable bonds is 3. The van der Waals surface area contributed by atoms with Crippen LogP contribution in [0.4, 0.5) is 14.5 Å². The van der Waals surface area contributed by atoms with Gasteiger partial charge in [0.05, 0.1) is 0 Å². The lowest BCUT2D eigenvalue weighted by Crippen LogP contribution is -2.03. The fourth-order valence-corrected chi connectivity index (χ4v) is 2.56. The fraction of sp³-hybridized carbons (Fsp3) is 0.0769. The summed E-state index contributed by atoms with van der Waals surface area (Å²) in [5.41, 5.74) is 1.13. The van der Waals surface area contributed by atoms with Gasteiger partial charge >= 0.3 is 0 Å². The number of benzene rings is 2. The predicted octanol–water partition coefficient (Wildman–Crippen LogP) is 4.83. The molecule has 0 amide bonds. The van der Waals surface area contributed by atoms with Crippen LogP contribution >= 0.6 is 34.2 Å². The van der Waals surface area contributed by atoms with E-state index in [0.717, 1.165) is 21.4 Å². The summed E-state index contributed by atoms with van der Waals surface area (Å²) in [6, 6.07) is 8.76. The summed E-state index contributed by atoms with van der Waals surface area (Å²) in [5.74, 6) is -0.869. The molecule has 0 fully saturated rings. The molecule has 0 bridgehead atoms. The van der Waals surface area contributed by atoms with Gasteiger partial charge in [-0.3, -0.25) is 0 Å². The van der Waals surface area contributed by atoms with Gasteiger partial charge in [0.1, 0.15) is 11.6 Å². The molecular weight excluding hydrogens is 371 g/mol. The minimum absolute atomic E-state index is 0.223. The van der Waals surface area contributed by atoms with Gasteiger partial charge in [0, 0.05) is 26.4 Å². The van der Waals surface area contributed by atoms with Crippen molar-refractivity contribution in [3.63, 3.8) is 0 Å². The highest BCUT2D eigenvalue weighted by Crippen LogP contribution is 2.23. The standard InChI is InChI=1S/C13H9ClF2IN/c14-9-1-4-13(12(17)6-9)18-7-8-5-10(15)2-3-11(8)16/h1-6,18H,7H2. The number of nitrogens with one attached hydrogen (secondary N) is 1. The van der Waals surface area contributed by atoms with E-state index in [9.17, 15) is 8.78 Å². The first-order valence-corrected chi connectivity index (χ1v) is 6.65. The Kier molecular flexibility index (Phi) is 4.40. The lowest BCUT2D eigenvalue weighted by atomic mass is 10.2. The van der Waals surface area contributed by atoms with Gasteiger partial charge in [-0.25, -0.2) is 8.78 Å². The van der Waals surface area contributed by atoms with E-state index >= 15 is 0 Å². The first kappa shape index (κ1) is 13.5. The van der Waals surface area contributed by atoms with Crippen LogP contribution in [0.2, 0.25) is 5.02 Å². The molecule has 5 heteroatoms. The first-order chi connectivity index (χ1) is 8.56. The molecule has 0 aliphatic rings. The number of anilines is 1. The minimum Gasteiger partial charge on any atom is -0.380 e. The largest absolute Gasteiger partial charge is 0.380 e.